The number of benzene rings is 2. The van der Waals surface area contributed by atoms with Gasteiger partial charge in [0.25, 0.3) is 0 Å². The third kappa shape index (κ3) is 4.84. The van der Waals surface area contributed by atoms with E-state index in [4.69, 9.17) is 20.6 Å². The molecule has 1 atom stereocenters. The van der Waals surface area contributed by atoms with Gasteiger partial charge < -0.3 is 25.6 Å². The van der Waals surface area contributed by atoms with Gasteiger partial charge in [0.05, 0.1) is 19.7 Å². The van der Waals surface area contributed by atoms with Gasteiger partial charge in [-0.1, -0.05) is 0 Å². The molecular formula is C22H21N7O5S. The molecule has 0 amide bonds. The lowest BCUT2D eigenvalue weighted by molar-refractivity contribution is 0.0701. The number of ether oxygens (including phenoxy) is 2. The quantitative estimate of drug-likeness (QED) is 0.172. The summed E-state index contributed by atoms with van der Waals surface area (Å²) in [5.41, 5.74) is 8.08. The van der Waals surface area contributed by atoms with Gasteiger partial charge in [-0.25, -0.2) is 14.6 Å². The molecule has 2 aromatic carbocycles. The molecule has 1 unspecified atom stereocenters. The normalized spacial score (nSPS) is 11.6. The summed E-state index contributed by atoms with van der Waals surface area (Å²) in [6.07, 6.45) is 0. The first-order chi connectivity index (χ1) is 16.8. The molecule has 0 aliphatic heterocycles. The predicted molar refractivity (Wildman–Crippen MR) is 129 cm³/mol. The summed E-state index contributed by atoms with van der Waals surface area (Å²) in [7, 11) is 3.04. The number of carbonyl (C=O) groups is 1. The maximum atomic E-state index is 12.8. The van der Waals surface area contributed by atoms with Crippen molar-refractivity contribution in [1.82, 2.24) is 19.7 Å². The molecule has 0 bridgehead atoms. The molecule has 0 fully saturated rings. The molecule has 35 heavy (non-hydrogen) atoms. The van der Waals surface area contributed by atoms with Crippen LogP contribution in [0.25, 0.3) is 5.82 Å². The van der Waals surface area contributed by atoms with Crippen LogP contribution in [0.15, 0.2) is 52.8 Å². The Morgan fingerprint density at radius 3 is 2.43 bits per heavy atom. The Balaban J connectivity index is 1.82. The minimum Gasteiger partial charge on any atom is -0.497 e. The summed E-state index contributed by atoms with van der Waals surface area (Å²) in [5, 5.41) is 24.7. The van der Waals surface area contributed by atoms with Crippen LogP contribution in [0.3, 0.4) is 0 Å². The minimum absolute atomic E-state index is 0.0637. The van der Waals surface area contributed by atoms with Crippen LogP contribution in [-0.4, -0.2) is 50.9 Å². The Labute approximate surface area is 202 Å². The van der Waals surface area contributed by atoms with Gasteiger partial charge in [0.15, 0.2) is 16.5 Å². The predicted octanol–water partition coefficient (Wildman–Crippen LogP) is 2.22. The number of nitrogens with zero attached hydrogens (tertiary/aromatic N) is 3. The van der Waals surface area contributed by atoms with Gasteiger partial charge in [-0.2, -0.15) is 4.68 Å². The molecule has 0 saturated carbocycles. The van der Waals surface area contributed by atoms with E-state index < -0.39 is 17.7 Å². The van der Waals surface area contributed by atoms with E-state index in [0.717, 1.165) is 16.0 Å². The van der Waals surface area contributed by atoms with Gasteiger partial charge in [0.2, 0.25) is 0 Å². The van der Waals surface area contributed by atoms with Crippen molar-refractivity contribution in [2.45, 2.75) is 6.04 Å². The second-order valence-electron chi connectivity index (χ2n) is 7.25. The number of anilines is 1. The fourth-order valence-corrected chi connectivity index (χ4v) is 3.97. The Kier molecular flexibility index (Phi) is 6.51. The molecule has 13 heteroatoms. The Hall–Kier alpha value is -4.65. The largest absolute Gasteiger partial charge is 0.497 e. The van der Waals surface area contributed by atoms with E-state index in [1.807, 2.05) is 0 Å². The number of hydrogen-bond donors (Lipinski definition) is 5. The first kappa shape index (κ1) is 23.5. The van der Waals surface area contributed by atoms with Crippen molar-refractivity contribution in [2.24, 2.45) is 5.73 Å². The Bertz CT molecular complexity index is 1420. The number of methoxy groups -OCH3 is 2. The fourth-order valence-electron chi connectivity index (χ4n) is 3.37. The first-order valence-electron chi connectivity index (χ1n) is 10.1. The number of aromatic amines is 1. The van der Waals surface area contributed by atoms with Crippen LogP contribution in [0.1, 0.15) is 32.7 Å². The van der Waals surface area contributed by atoms with Gasteiger partial charge in [-0.05, 0) is 42.0 Å². The molecule has 6 N–H and O–H groups in total. The van der Waals surface area contributed by atoms with Gasteiger partial charge in [0, 0.05) is 17.3 Å². The Morgan fingerprint density at radius 2 is 1.86 bits per heavy atom. The zero-order valence-electron chi connectivity index (χ0n) is 18.6. The molecule has 0 aliphatic carbocycles. The number of hydrogen-bond acceptors (Lipinski definition) is 9. The molecule has 12 nitrogen and oxygen atoms in total. The molecule has 4 rings (SSSR count). The van der Waals surface area contributed by atoms with Gasteiger partial charge in [-0.15, -0.1) is 16.4 Å². The highest BCUT2D eigenvalue weighted by atomic mass is 32.1. The van der Waals surface area contributed by atoms with Gasteiger partial charge in [0.1, 0.15) is 23.4 Å². The molecule has 0 spiro atoms. The number of aromatic carboxylic acids is 1. The van der Waals surface area contributed by atoms with Crippen molar-refractivity contribution in [1.29, 1.82) is 5.41 Å². The minimum atomic E-state index is -1.21. The molecular weight excluding hydrogens is 474 g/mol. The molecule has 4 aromatic rings. The standard InChI is InChI=1S/C22H21N7O5S/c1-33-14-7-12(8-15(9-14)34-2)16(26-13-5-3-11(4-6-13)18(23)24)19-27-22(32)29(28-19)20-17(21(30)31)35-10-25-20/h3-10,16,26H,1-2H3,(H3,23,24)(H,30,31)(H,27,28,32). The second kappa shape index (κ2) is 9.69. The van der Waals surface area contributed by atoms with E-state index in [2.05, 4.69) is 20.4 Å². The maximum Gasteiger partial charge on any atom is 0.349 e. The number of carboxylic acid groups (broad SMARTS) is 1. The molecule has 0 radical (unpaired) electrons. The van der Waals surface area contributed by atoms with Crippen molar-refractivity contribution >= 4 is 28.8 Å². The van der Waals surface area contributed by atoms with Gasteiger partial charge in [-0.3, -0.25) is 10.4 Å². The van der Waals surface area contributed by atoms with Gasteiger partial charge >= 0.3 is 11.7 Å². The highest BCUT2D eigenvalue weighted by Gasteiger charge is 2.24. The van der Waals surface area contributed by atoms with Crippen LogP contribution in [0.5, 0.6) is 11.5 Å². The van der Waals surface area contributed by atoms with E-state index in [1.54, 1.807) is 42.5 Å². The first-order valence-corrected chi connectivity index (χ1v) is 11.0. The zero-order valence-corrected chi connectivity index (χ0v) is 19.4. The number of thiazole rings is 1. The van der Waals surface area contributed by atoms with Crippen molar-refractivity contribution in [3.8, 4) is 17.3 Å². The fraction of sp³-hybridized carbons (Fsp3) is 0.136. The van der Waals surface area contributed by atoms with E-state index in [1.165, 1.54) is 19.7 Å². The van der Waals surface area contributed by atoms with Crippen LogP contribution >= 0.6 is 11.3 Å². The van der Waals surface area contributed by atoms with Crippen LogP contribution < -0.4 is 26.2 Å². The summed E-state index contributed by atoms with van der Waals surface area (Å²) in [6.45, 7) is 0. The second-order valence-corrected chi connectivity index (χ2v) is 8.11. The zero-order chi connectivity index (χ0) is 25.1. The maximum absolute atomic E-state index is 12.8. The van der Waals surface area contributed by atoms with Crippen LogP contribution in [0.2, 0.25) is 0 Å². The van der Waals surface area contributed by atoms with Crippen LogP contribution in [0.4, 0.5) is 5.69 Å². The van der Waals surface area contributed by atoms with Crippen molar-refractivity contribution in [3.63, 3.8) is 0 Å². The van der Waals surface area contributed by atoms with Crippen molar-refractivity contribution < 1.29 is 19.4 Å². The number of amidine groups is 1. The molecule has 2 heterocycles. The van der Waals surface area contributed by atoms with Crippen molar-refractivity contribution in [2.75, 3.05) is 19.5 Å². The number of aromatic nitrogens is 4. The summed E-state index contributed by atoms with van der Waals surface area (Å²) < 4.78 is 11.7. The summed E-state index contributed by atoms with van der Waals surface area (Å²) >= 11 is 0.891. The number of rotatable bonds is 9. The van der Waals surface area contributed by atoms with E-state index in [-0.39, 0.29) is 22.4 Å². The lowest BCUT2D eigenvalue weighted by Gasteiger charge is -2.20. The Morgan fingerprint density at radius 1 is 1.20 bits per heavy atom. The molecule has 0 aliphatic rings. The topological polar surface area (TPSA) is 181 Å². The van der Waals surface area contributed by atoms with Crippen LogP contribution in [-0.2, 0) is 0 Å². The summed E-state index contributed by atoms with van der Waals surface area (Å²) in [6, 6.07) is 11.4. The average molecular weight is 496 g/mol. The number of carboxylic acids is 1. The number of nitrogens with two attached hydrogens (primary N) is 1. The smallest absolute Gasteiger partial charge is 0.349 e. The SMILES string of the molecule is COc1cc(OC)cc(C(Nc2ccc(C(=N)N)cc2)c2nn(-c3ncsc3C(=O)O)c(=O)[nH]2)c1. The molecule has 2 aromatic heterocycles. The van der Waals surface area contributed by atoms with Crippen molar-refractivity contribution in [3.05, 3.63) is 80.3 Å². The lowest BCUT2D eigenvalue weighted by Crippen LogP contribution is -2.18. The third-order valence-corrected chi connectivity index (χ3v) is 5.87. The number of H-pyrrole nitrogens is 1. The third-order valence-electron chi connectivity index (χ3n) is 5.07. The number of nitrogen functional groups attached to an aromatic ring is 1. The lowest BCUT2D eigenvalue weighted by atomic mass is 10.0. The van der Waals surface area contributed by atoms with E-state index >= 15 is 0 Å². The van der Waals surface area contributed by atoms with E-state index in [0.29, 0.717) is 28.3 Å². The average Bonchev–Trinajstić information content (AvgIpc) is 3.49. The summed E-state index contributed by atoms with van der Waals surface area (Å²) in [5.74, 6) is -0.115. The molecule has 0 saturated heterocycles. The summed E-state index contributed by atoms with van der Waals surface area (Å²) in [4.78, 5) is 30.9. The number of nitrogens with one attached hydrogen (secondary N) is 3. The van der Waals surface area contributed by atoms with Crippen LogP contribution in [0, 0.1) is 5.41 Å². The molecule has 180 valence electrons. The highest BCUT2D eigenvalue weighted by Crippen LogP contribution is 2.31. The highest BCUT2D eigenvalue weighted by molar-refractivity contribution is 7.12. The van der Waals surface area contributed by atoms with E-state index in [9.17, 15) is 14.7 Å². The monoisotopic (exact) mass is 495 g/mol.